The molecule has 3 aromatic rings. The van der Waals surface area contributed by atoms with Gasteiger partial charge in [-0.1, -0.05) is 18.2 Å². The van der Waals surface area contributed by atoms with E-state index in [0.29, 0.717) is 18.9 Å². The summed E-state index contributed by atoms with van der Waals surface area (Å²) in [4.78, 5) is 14.1. The van der Waals surface area contributed by atoms with Crippen molar-refractivity contribution in [3.63, 3.8) is 0 Å². The van der Waals surface area contributed by atoms with E-state index in [0.717, 1.165) is 17.1 Å². The molecule has 0 aliphatic carbocycles. The van der Waals surface area contributed by atoms with Crippen molar-refractivity contribution in [2.24, 2.45) is 0 Å². The smallest absolute Gasteiger partial charge is 0.321 e. The first-order valence-electron chi connectivity index (χ1n) is 8.83. The molecule has 2 aromatic carbocycles. The topological polar surface area (TPSA) is 55.7 Å². The molecular weight excluding hydrogens is 342 g/mol. The van der Waals surface area contributed by atoms with E-state index in [-0.39, 0.29) is 12.1 Å². The van der Waals surface area contributed by atoms with Crippen molar-refractivity contribution in [2.45, 2.75) is 6.10 Å². The summed E-state index contributed by atoms with van der Waals surface area (Å²) in [5, 5.41) is 2.93. The Labute approximate surface area is 157 Å². The van der Waals surface area contributed by atoms with Gasteiger partial charge in [-0.15, -0.1) is 0 Å². The van der Waals surface area contributed by atoms with Gasteiger partial charge in [0.25, 0.3) is 0 Å². The zero-order valence-electron chi connectivity index (χ0n) is 15.0. The number of amides is 2. The van der Waals surface area contributed by atoms with Crippen molar-refractivity contribution in [1.29, 1.82) is 0 Å². The van der Waals surface area contributed by atoms with Crippen LogP contribution in [0.1, 0.15) is 0 Å². The maximum absolute atomic E-state index is 12.5. The SMILES string of the molecule is CN(CC1COc2ccccc2O1)C(=O)Nc1cccc(-n2cccc2)c1. The maximum Gasteiger partial charge on any atom is 0.321 e. The van der Waals surface area contributed by atoms with Crippen LogP contribution < -0.4 is 14.8 Å². The molecule has 2 amide bonds. The summed E-state index contributed by atoms with van der Waals surface area (Å²) in [5.41, 5.74) is 1.73. The van der Waals surface area contributed by atoms with Gasteiger partial charge in [0, 0.05) is 30.8 Å². The number of para-hydroxylation sites is 2. The second-order valence-corrected chi connectivity index (χ2v) is 6.45. The fraction of sp³-hybridized carbons (Fsp3) is 0.190. The maximum atomic E-state index is 12.5. The number of hydrogen-bond acceptors (Lipinski definition) is 3. The highest BCUT2D eigenvalue weighted by molar-refractivity contribution is 5.89. The van der Waals surface area contributed by atoms with Crippen LogP contribution in [-0.2, 0) is 0 Å². The summed E-state index contributed by atoms with van der Waals surface area (Å²) in [5.74, 6) is 1.45. The number of nitrogens with one attached hydrogen (secondary N) is 1. The lowest BCUT2D eigenvalue weighted by Crippen LogP contribution is -2.43. The van der Waals surface area contributed by atoms with E-state index in [9.17, 15) is 4.79 Å². The molecule has 2 heterocycles. The van der Waals surface area contributed by atoms with E-state index in [4.69, 9.17) is 9.47 Å². The summed E-state index contributed by atoms with van der Waals surface area (Å²) < 4.78 is 13.6. The second kappa shape index (κ2) is 7.45. The summed E-state index contributed by atoms with van der Waals surface area (Å²) in [6, 6.07) is 19.0. The van der Waals surface area contributed by atoms with Crippen LogP contribution in [0.2, 0.25) is 0 Å². The van der Waals surface area contributed by atoms with Crippen molar-refractivity contribution >= 4 is 11.7 Å². The fourth-order valence-electron chi connectivity index (χ4n) is 3.01. The van der Waals surface area contributed by atoms with Crippen LogP contribution in [0, 0.1) is 0 Å². The van der Waals surface area contributed by atoms with Gasteiger partial charge in [-0.2, -0.15) is 0 Å². The number of carbonyl (C=O) groups is 1. The lowest BCUT2D eigenvalue weighted by molar-refractivity contribution is 0.0731. The molecule has 138 valence electrons. The lowest BCUT2D eigenvalue weighted by Gasteiger charge is -2.29. The summed E-state index contributed by atoms with van der Waals surface area (Å²) in [6.07, 6.45) is 3.72. The quantitative estimate of drug-likeness (QED) is 0.767. The summed E-state index contributed by atoms with van der Waals surface area (Å²) in [7, 11) is 1.75. The predicted molar refractivity (Wildman–Crippen MR) is 104 cm³/mol. The van der Waals surface area contributed by atoms with Gasteiger partial charge in [-0.3, -0.25) is 0 Å². The van der Waals surface area contributed by atoms with Gasteiger partial charge in [0.15, 0.2) is 17.6 Å². The minimum absolute atomic E-state index is 0.192. The number of benzene rings is 2. The van der Waals surface area contributed by atoms with Crippen LogP contribution in [-0.4, -0.2) is 41.8 Å². The van der Waals surface area contributed by atoms with Crippen LogP contribution in [0.25, 0.3) is 5.69 Å². The molecule has 1 atom stereocenters. The Morgan fingerprint density at radius 3 is 2.70 bits per heavy atom. The van der Waals surface area contributed by atoms with Gasteiger partial charge in [-0.25, -0.2) is 4.79 Å². The van der Waals surface area contributed by atoms with Gasteiger partial charge in [0.1, 0.15) is 6.61 Å². The number of ether oxygens (including phenoxy) is 2. The number of nitrogens with zero attached hydrogens (tertiary/aromatic N) is 2. The minimum Gasteiger partial charge on any atom is -0.486 e. The molecule has 1 aliphatic heterocycles. The first kappa shape index (κ1) is 17.0. The van der Waals surface area contributed by atoms with Crippen LogP contribution in [0.4, 0.5) is 10.5 Å². The molecule has 1 aromatic heterocycles. The molecule has 0 spiro atoms. The molecule has 27 heavy (non-hydrogen) atoms. The highest BCUT2D eigenvalue weighted by atomic mass is 16.6. The number of aromatic nitrogens is 1. The summed E-state index contributed by atoms with van der Waals surface area (Å²) in [6.45, 7) is 0.842. The van der Waals surface area contributed by atoms with Gasteiger partial charge < -0.3 is 24.3 Å². The number of urea groups is 1. The molecule has 6 heteroatoms. The molecule has 0 fully saturated rings. The van der Waals surface area contributed by atoms with E-state index in [1.165, 1.54) is 0 Å². The average Bonchev–Trinajstić information content (AvgIpc) is 3.23. The predicted octanol–water partition coefficient (Wildman–Crippen LogP) is 3.78. The fourth-order valence-corrected chi connectivity index (χ4v) is 3.01. The number of anilines is 1. The first-order chi connectivity index (χ1) is 13.2. The Kier molecular flexibility index (Phi) is 4.70. The van der Waals surface area contributed by atoms with Gasteiger partial charge in [0.05, 0.1) is 6.54 Å². The lowest BCUT2D eigenvalue weighted by atomic mass is 10.2. The van der Waals surface area contributed by atoms with Crippen LogP contribution in [0.15, 0.2) is 73.1 Å². The molecule has 4 rings (SSSR count). The second-order valence-electron chi connectivity index (χ2n) is 6.45. The highest BCUT2D eigenvalue weighted by Gasteiger charge is 2.23. The van der Waals surface area contributed by atoms with Crippen molar-refractivity contribution < 1.29 is 14.3 Å². The molecule has 1 unspecified atom stereocenters. The van der Waals surface area contributed by atoms with Crippen molar-refractivity contribution in [1.82, 2.24) is 9.47 Å². The standard InChI is InChI=1S/C21H21N3O3/c1-23(14-18-15-26-19-9-2-3-10-20(19)27-18)21(25)22-16-7-6-8-17(13-16)24-11-4-5-12-24/h2-13,18H,14-15H2,1H3,(H,22,25). The number of likely N-dealkylation sites (N-methyl/N-ethyl adjacent to an activating group) is 1. The number of hydrogen-bond donors (Lipinski definition) is 1. The van der Waals surface area contributed by atoms with Crippen LogP contribution in [0.5, 0.6) is 11.5 Å². The molecule has 0 saturated heterocycles. The molecule has 1 N–H and O–H groups in total. The monoisotopic (exact) mass is 363 g/mol. The third kappa shape index (κ3) is 3.89. The van der Waals surface area contributed by atoms with Crippen molar-refractivity contribution in [3.05, 3.63) is 73.1 Å². The molecule has 0 bridgehead atoms. The van der Waals surface area contributed by atoms with E-state index in [2.05, 4.69) is 5.32 Å². The van der Waals surface area contributed by atoms with Crippen molar-refractivity contribution in [3.8, 4) is 17.2 Å². The van der Waals surface area contributed by atoms with Crippen LogP contribution >= 0.6 is 0 Å². The first-order valence-corrected chi connectivity index (χ1v) is 8.83. The highest BCUT2D eigenvalue weighted by Crippen LogP contribution is 2.31. The minimum atomic E-state index is -0.207. The Morgan fingerprint density at radius 2 is 1.89 bits per heavy atom. The van der Waals surface area contributed by atoms with Crippen molar-refractivity contribution in [2.75, 3.05) is 25.5 Å². The van der Waals surface area contributed by atoms with E-state index in [1.807, 2.05) is 77.6 Å². The normalized spacial score (nSPS) is 15.2. The largest absolute Gasteiger partial charge is 0.486 e. The molecule has 0 radical (unpaired) electrons. The Bertz CT molecular complexity index is 924. The van der Waals surface area contributed by atoms with E-state index in [1.54, 1.807) is 11.9 Å². The Balaban J connectivity index is 1.37. The zero-order valence-corrected chi connectivity index (χ0v) is 15.0. The Morgan fingerprint density at radius 1 is 1.11 bits per heavy atom. The van der Waals surface area contributed by atoms with E-state index >= 15 is 0 Å². The number of carbonyl (C=O) groups excluding carboxylic acids is 1. The summed E-state index contributed by atoms with van der Waals surface area (Å²) >= 11 is 0. The third-order valence-electron chi connectivity index (χ3n) is 4.39. The molecule has 0 saturated carbocycles. The van der Waals surface area contributed by atoms with Gasteiger partial charge >= 0.3 is 6.03 Å². The third-order valence-corrected chi connectivity index (χ3v) is 4.39. The van der Waals surface area contributed by atoms with Crippen LogP contribution in [0.3, 0.4) is 0 Å². The molecule has 6 nitrogen and oxygen atoms in total. The van der Waals surface area contributed by atoms with E-state index < -0.39 is 0 Å². The average molecular weight is 363 g/mol. The molecular formula is C21H21N3O3. The number of fused-ring (bicyclic) bond motifs is 1. The molecule has 1 aliphatic rings. The van der Waals surface area contributed by atoms with Gasteiger partial charge in [0.2, 0.25) is 0 Å². The Hall–Kier alpha value is -3.41. The number of rotatable bonds is 4. The zero-order chi connectivity index (χ0) is 18.6. The van der Waals surface area contributed by atoms with Gasteiger partial charge in [-0.05, 0) is 42.5 Å².